The van der Waals surface area contributed by atoms with E-state index >= 15 is 0 Å². The molecule has 0 aromatic heterocycles. The first-order valence-electron chi connectivity index (χ1n) is 11.2. The van der Waals surface area contributed by atoms with E-state index in [0.29, 0.717) is 5.92 Å². The lowest BCUT2D eigenvalue weighted by atomic mass is 9.85. The van der Waals surface area contributed by atoms with Crippen molar-refractivity contribution in [3.8, 4) is 0 Å². The van der Waals surface area contributed by atoms with E-state index in [-0.39, 0.29) is 5.54 Å². The fraction of sp³-hybridized carbons (Fsp3) is 0.538. The SMILES string of the molecule is CCNc1cc(C)ccc1N(CC)C(C)(C)C(C)CN(CC)c1ccccc1C. The van der Waals surface area contributed by atoms with E-state index in [1.807, 2.05) is 0 Å². The van der Waals surface area contributed by atoms with Gasteiger partial charge in [-0.3, -0.25) is 0 Å². The molecule has 2 rings (SSSR count). The molecule has 0 saturated carbocycles. The second-order valence-corrected chi connectivity index (χ2v) is 8.68. The van der Waals surface area contributed by atoms with Gasteiger partial charge in [-0.15, -0.1) is 0 Å². The summed E-state index contributed by atoms with van der Waals surface area (Å²) < 4.78 is 0. The van der Waals surface area contributed by atoms with Crippen molar-refractivity contribution in [1.82, 2.24) is 0 Å². The number of rotatable bonds is 10. The highest BCUT2D eigenvalue weighted by Gasteiger charge is 2.34. The van der Waals surface area contributed by atoms with Crippen molar-refractivity contribution in [1.29, 1.82) is 0 Å². The number of hydrogen-bond acceptors (Lipinski definition) is 3. The van der Waals surface area contributed by atoms with Crippen molar-refractivity contribution < 1.29 is 0 Å². The van der Waals surface area contributed by atoms with Crippen LogP contribution in [0.15, 0.2) is 42.5 Å². The highest BCUT2D eigenvalue weighted by molar-refractivity contribution is 5.72. The molecule has 0 amide bonds. The largest absolute Gasteiger partial charge is 0.384 e. The Bertz CT molecular complexity index is 781. The summed E-state index contributed by atoms with van der Waals surface area (Å²) in [5.41, 5.74) is 6.55. The summed E-state index contributed by atoms with van der Waals surface area (Å²) in [5.74, 6) is 0.484. The molecule has 2 aromatic rings. The van der Waals surface area contributed by atoms with E-state index in [1.54, 1.807) is 0 Å². The van der Waals surface area contributed by atoms with Gasteiger partial charge in [0.05, 0.1) is 11.4 Å². The maximum absolute atomic E-state index is 3.58. The molecular formula is C26H41N3. The van der Waals surface area contributed by atoms with Crippen LogP contribution < -0.4 is 15.1 Å². The van der Waals surface area contributed by atoms with Gasteiger partial charge in [0.1, 0.15) is 0 Å². The summed E-state index contributed by atoms with van der Waals surface area (Å²) in [6, 6.07) is 15.5. The minimum absolute atomic E-state index is 0.0181. The van der Waals surface area contributed by atoms with Crippen molar-refractivity contribution in [2.75, 3.05) is 41.3 Å². The Kier molecular flexibility index (Phi) is 8.01. The molecule has 1 N–H and O–H groups in total. The molecule has 3 nitrogen and oxygen atoms in total. The second-order valence-electron chi connectivity index (χ2n) is 8.68. The lowest BCUT2D eigenvalue weighted by molar-refractivity contribution is 0.322. The van der Waals surface area contributed by atoms with Crippen LogP contribution in [0.3, 0.4) is 0 Å². The zero-order chi connectivity index (χ0) is 21.6. The quantitative estimate of drug-likeness (QED) is 0.495. The molecule has 1 unspecified atom stereocenters. The molecule has 2 aromatic carbocycles. The molecule has 0 heterocycles. The highest BCUT2D eigenvalue weighted by Crippen LogP contribution is 2.36. The predicted octanol–water partition coefficient (Wildman–Crippen LogP) is 6.50. The average molecular weight is 396 g/mol. The van der Waals surface area contributed by atoms with Crippen LogP contribution in [0, 0.1) is 19.8 Å². The Balaban J connectivity index is 2.32. The van der Waals surface area contributed by atoms with Gasteiger partial charge in [0, 0.05) is 37.4 Å². The van der Waals surface area contributed by atoms with Crippen LogP contribution in [0.5, 0.6) is 0 Å². The second kappa shape index (κ2) is 10.0. The Morgan fingerprint density at radius 1 is 0.931 bits per heavy atom. The normalized spacial score (nSPS) is 12.6. The summed E-state index contributed by atoms with van der Waals surface area (Å²) >= 11 is 0. The van der Waals surface area contributed by atoms with Gasteiger partial charge in [-0.1, -0.05) is 31.2 Å². The zero-order valence-corrected chi connectivity index (χ0v) is 19.8. The first-order valence-corrected chi connectivity index (χ1v) is 11.2. The van der Waals surface area contributed by atoms with Gasteiger partial charge >= 0.3 is 0 Å². The predicted molar refractivity (Wildman–Crippen MR) is 131 cm³/mol. The lowest BCUT2D eigenvalue weighted by Gasteiger charge is -2.46. The van der Waals surface area contributed by atoms with Crippen molar-refractivity contribution in [3.05, 3.63) is 53.6 Å². The van der Waals surface area contributed by atoms with E-state index in [4.69, 9.17) is 0 Å². The van der Waals surface area contributed by atoms with Crippen LogP contribution in [0.1, 0.15) is 52.7 Å². The summed E-state index contributed by atoms with van der Waals surface area (Å²) in [5, 5.41) is 3.58. The highest BCUT2D eigenvalue weighted by atomic mass is 15.2. The van der Waals surface area contributed by atoms with Crippen LogP contribution in [-0.2, 0) is 0 Å². The first-order chi connectivity index (χ1) is 13.8. The number of anilines is 3. The van der Waals surface area contributed by atoms with Crippen LogP contribution in [-0.4, -0.2) is 31.7 Å². The fourth-order valence-electron chi connectivity index (χ4n) is 4.24. The minimum Gasteiger partial charge on any atom is -0.384 e. The monoisotopic (exact) mass is 395 g/mol. The van der Waals surface area contributed by atoms with Gasteiger partial charge in [0.15, 0.2) is 0 Å². The Labute approximate surface area is 179 Å². The van der Waals surface area contributed by atoms with Crippen LogP contribution >= 0.6 is 0 Å². The van der Waals surface area contributed by atoms with Gasteiger partial charge < -0.3 is 15.1 Å². The van der Waals surface area contributed by atoms with Gasteiger partial charge in [0.2, 0.25) is 0 Å². The third-order valence-electron chi connectivity index (χ3n) is 6.36. The van der Waals surface area contributed by atoms with E-state index in [0.717, 1.165) is 26.2 Å². The standard InChI is InChI=1S/C26H41N3/c1-9-27-23-18-20(4)16-17-25(23)29(11-3)26(7,8)22(6)19-28(10-2)24-15-13-12-14-21(24)5/h12-18,22,27H,9-11,19H2,1-8H3. The first kappa shape index (κ1) is 23.1. The molecular weight excluding hydrogens is 354 g/mol. The van der Waals surface area contributed by atoms with E-state index < -0.39 is 0 Å². The molecule has 160 valence electrons. The Morgan fingerprint density at radius 2 is 1.62 bits per heavy atom. The van der Waals surface area contributed by atoms with Crippen LogP contribution in [0.25, 0.3) is 0 Å². The fourth-order valence-corrected chi connectivity index (χ4v) is 4.24. The van der Waals surface area contributed by atoms with Crippen LogP contribution in [0.2, 0.25) is 0 Å². The van der Waals surface area contributed by atoms with Crippen molar-refractivity contribution in [2.24, 2.45) is 5.92 Å². The molecule has 0 aliphatic heterocycles. The van der Waals surface area contributed by atoms with Crippen molar-refractivity contribution >= 4 is 17.1 Å². The number of hydrogen-bond donors (Lipinski definition) is 1. The van der Waals surface area contributed by atoms with E-state index in [2.05, 4.69) is 113 Å². The molecule has 0 spiro atoms. The number of para-hydroxylation sites is 1. The van der Waals surface area contributed by atoms with Gasteiger partial charge in [-0.25, -0.2) is 0 Å². The molecule has 0 saturated heterocycles. The third kappa shape index (κ3) is 5.26. The number of benzene rings is 2. The van der Waals surface area contributed by atoms with Crippen LogP contribution in [0.4, 0.5) is 17.1 Å². The van der Waals surface area contributed by atoms with E-state index in [9.17, 15) is 0 Å². The average Bonchev–Trinajstić information content (AvgIpc) is 2.68. The molecule has 0 radical (unpaired) electrons. The molecule has 1 atom stereocenters. The van der Waals surface area contributed by atoms with Crippen molar-refractivity contribution in [2.45, 2.75) is 60.9 Å². The number of nitrogens with one attached hydrogen (secondary N) is 1. The zero-order valence-electron chi connectivity index (χ0n) is 19.8. The van der Waals surface area contributed by atoms with Gasteiger partial charge in [0.25, 0.3) is 0 Å². The smallest absolute Gasteiger partial charge is 0.0606 e. The Hall–Kier alpha value is -2.16. The maximum Gasteiger partial charge on any atom is 0.0606 e. The summed E-state index contributed by atoms with van der Waals surface area (Å²) in [6.45, 7) is 22.2. The molecule has 0 fully saturated rings. The topological polar surface area (TPSA) is 18.5 Å². The minimum atomic E-state index is 0.0181. The van der Waals surface area contributed by atoms with Gasteiger partial charge in [-0.2, -0.15) is 0 Å². The summed E-state index contributed by atoms with van der Waals surface area (Å²) in [4.78, 5) is 5.09. The molecule has 0 aliphatic rings. The number of nitrogens with zero attached hydrogens (tertiary/aromatic N) is 2. The Morgan fingerprint density at radius 3 is 2.21 bits per heavy atom. The lowest BCUT2D eigenvalue weighted by Crippen LogP contribution is -2.52. The molecule has 3 heteroatoms. The molecule has 0 aliphatic carbocycles. The van der Waals surface area contributed by atoms with Gasteiger partial charge in [-0.05, 0) is 83.7 Å². The third-order valence-corrected chi connectivity index (χ3v) is 6.36. The maximum atomic E-state index is 3.58. The molecule has 29 heavy (non-hydrogen) atoms. The number of aryl methyl sites for hydroxylation is 2. The molecule has 0 bridgehead atoms. The summed E-state index contributed by atoms with van der Waals surface area (Å²) in [6.07, 6.45) is 0. The summed E-state index contributed by atoms with van der Waals surface area (Å²) in [7, 11) is 0. The van der Waals surface area contributed by atoms with E-state index in [1.165, 1.54) is 28.2 Å². The van der Waals surface area contributed by atoms with Crippen molar-refractivity contribution in [3.63, 3.8) is 0 Å².